The lowest BCUT2D eigenvalue weighted by Gasteiger charge is -2.38. The highest BCUT2D eigenvalue weighted by Crippen LogP contribution is 2.29. The fourth-order valence-electron chi connectivity index (χ4n) is 3.79. The Morgan fingerprint density at radius 2 is 2.10 bits per heavy atom. The minimum absolute atomic E-state index is 0.0611. The van der Waals surface area contributed by atoms with Crippen molar-refractivity contribution in [1.29, 1.82) is 0 Å². The molecule has 11 heteroatoms. The SMILES string of the molecule is COc1cc(N)c(Cl)cc1C(=O)NC1CCN(CCn2c(O)cn(C)c2=O)CC1OC. The summed E-state index contributed by atoms with van der Waals surface area (Å²) in [5.41, 5.74) is 6.17. The Kier molecular flexibility index (Phi) is 7.14. The second-order valence-electron chi connectivity index (χ2n) is 7.55. The van der Waals surface area contributed by atoms with E-state index in [0.717, 1.165) is 0 Å². The number of nitrogens with one attached hydrogen (secondary N) is 1. The summed E-state index contributed by atoms with van der Waals surface area (Å²) in [5, 5.41) is 13.2. The van der Waals surface area contributed by atoms with Crippen LogP contribution in [0.2, 0.25) is 5.02 Å². The third kappa shape index (κ3) is 4.97. The van der Waals surface area contributed by atoms with Crippen LogP contribution in [0.25, 0.3) is 0 Å². The van der Waals surface area contributed by atoms with Crippen molar-refractivity contribution in [2.45, 2.75) is 25.1 Å². The highest BCUT2D eigenvalue weighted by atomic mass is 35.5. The molecule has 10 nitrogen and oxygen atoms in total. The first-order chi connectivity index (χ1) is 14.7. The number of nitrogen functional groups attached to an aromatic ring is 1. The number of carbonyl (C=O) groups excluding carboxylic acids is 1. The average Bonchev–Trinajstić information content (AvgIpc) is 2.99. The maximum absolute atomic E-state index is 12.9. The van der Waals surface area contributed by atoms with Gasteiger partial charge in [0.1, 0.15) is 5.75 Å². The largest absolute Gasteiger partial charge is 0.496 e. The molecule has 2 atom stereocenters. The zero-order valence-electron chi connectivity index (χ0n) is 17.8. The highest BCUT2D eigenvalue weighted by Gasteiger charge is 2.31. The molecule has 4 N–H and O–H groups in total. The van der Waals surface area contributed by atoms with Gasteiger partial charge in [0.25, 0.3) is 5.91 Å². The monoisotopic (exact) mass is 453 g/mol. The molecule has 1 amide bonds. The molecular formula is C20H28ClN5O5. The zero-order valence-corrected chi connectivity index (χ0v) is 18.6. The third-order valence-electron chi connectivity index (χ3n) is 5.58. The first kappa shape index (κ1) is 23.0. The predicted molar refractivity (Wildman–Crippen MR) is 117 cm³/mol. The lowest BCUT2D eigenvalue weighted by molar-refractivity contribution is 0.00531. The molecule has 1 aromatic carbocycles. The molecule has 1 aromatic heterocycles. The van der Waals surface area contributed by atoms with E-state index in [1.54, 1.807) is 14.2 Å². The average molecular weight is 454 g/mol. The molecule has 2 unspecified atom stereocenters. The summed E-state index contributed by atoms with van der Waals surface area (Å²) in [6.45, 7) is 2.20. The summed E-state index contributed by atoms with van der Waals surface area (Å²) in [7, 11) is 4.66. The molecular weight excluding hydrogens is 426 g/mol. The van der Waals surface area contributed by atoms with Crippen LogP contribution in [0.1, 0.15) is 16.8 Å². The second kappa shape index (κ2) is 9.63. The maximum atomic E-state index is 12.9. The van der Waals surface area contributed by atoms with Gasteiger partial charge in [-0.25, -0.2) is 4.79 Å². The summed E-state index contributed by atoms with van der Waals surface area (Å²) in [5.74, 6) is -0.0343. The van der Waals surface area contributed by atoms with E-state index in [-0.39, 0.29) is 34.6 Å². The molecule has 170 valence electrons. The van der Waals surface area contributed by atoms with Crippen LogP contribution in [-0.2, 0) is 18.3 Å². The van der Waals surface area contributed by atoms with Gasteiger partial charge in [0.2, 0.25) is 5.88 Å². The van der Waals surface area contributed by atoms with Crippen molar-refractivity contribution in [3.05, 3.63) is 39.4 Å². The van der Waals surface area contributed by atoms with Crippen molar-refractivity contribution in [2.24, 2.45) is 7.05 Å². The molecule has 31 heavy (non-hydrogen) atoms. The quantitative estimate of drug-likeness (QED) is 0.526. The van der Waals surface area contributed by atoms with E-state index in [1.807, 2.05) is 0 Å². The number of hydrogen-bond donors (Lipinski definition) is 3. The third-order valence-corrected chi connectivity index (χ3v) is 5.91. The number of nitrogens with zero attached hydrogens (tertiary/aromatic N) is 3. The molecule has 2 heterocycles. The number of ether oxygens (including phenoxy) is 2. The van der Waals surface area contributed by atoms with Gasteiger partial charge in [0, 0.05) is 46.4 Å². The van der Waals surface area contributed by atoms with Gasteiger partial charge >= 0.3 is 5.69 Å². The Bertz CT molecular complexity index is 1000. The van der Waals surface area contributed by atoms with E-state index >= 15 is 0 Å². The fourth-order valence-corrected chi connectivity index (χ4v) is 3.95. The predicted octanol–water partition coefficient (Wildman–Crippen LogP) is 0.656. The maximum Gasteiger partial charge on any atom is 0.330 e. The molecule has 1 fully saturated rings. The number of methoxy groups -OCH3 is 2. The van der Waals surface area contributed by atoms with Crippen LogP contribution in [0.3, 0.4) is 0 Å². The van der Waals surface area contributed by atoms with Crippen LogP contribution in [0.4, 0.5) is 5.69 Å². The minimum atomic E-state index is -0.319. The van der Waals surface area contributed by atoms with E-state index in [9.17, 15) is 14.7 Å². The summed E-state index contributed by atoms with van der Waals surface area (Å²) in [6, 6.07) is 2.81. The van der Waals surface area contributed by atoms with E-state index in [4.69, 9.17) is 26.8 Å². The van der Waals surface area contributed by atoms with E-state index in [2.05, 4.69) is 10.2 Å². The number of carbonyl (C=O) groups is 1. The number of likely N-dealkylation sites (tertiary alicyclic amines) is 1. The lowest BCUT2D eigenvalue weighted by Crippen LogP contribution is -2.55. The molecule has 0 bridgehead atoms. The van der Waals surface area contributed by atoms with Crippen LogP contribution in [-0.4, -0.2) is 71.0 Å². The molecule has 1 saturated heterocycles. The Balaban J connectivity index is 1.63. The van der Waals surface area contributed by atoms with Crippen molar-refractivity contribution < 1.29 is 19.4 Å². The number of nitrogens with two attached hydrogens (primary N) is 1. The van der Waals surface area contributed by atoms with Gasteiger partial charge in [-0.15, -0.1) is 0 Å². The molecule has 1 aliphatic rings. The Morgan fingerprint density at radius 1 is 1.35 bits per heavy atom. The van der Waals surface area contributed by atoms with E-state index in [0.29, 0.717) is 49.6 Å². The van der Waals surface area contributed by atoms with Crippen LogP contribution in [0, 0.1) is 0 Å². The number of aromatic hydroxyl groups is 1. The van der Waals surface area contributed by atoms with Gasteiger partial charge in [-0.1, -0.05) is 11.6 Å². The summed E-state index contributed by atoms with van der Waals surface area (Å²) in [4.78, 5) is 27.0. The zero-order chi connectivity index (χ0) is 22.7. The number of anilines is 1. The van der Waals surface area contributed by atoms with Gasteiger partial charge < -0.3 is 25.6 Å². The Hall–Kier alpha value is -2.69. The van der Waals surface area contributed by atoms with Crippen LogP contribution < -0.4 is 21.5 Å². The normalized spacial score (nSPS) is 19.4. The fraction of sp³-hybridized carbons (Fsp3) is 0.500. The van der Waals surface area contributed by atoms with E-state index in [1.165, 1.54) is 34.6 Å². The summed E-state index contributed by atoms with van der Waals surface area (Å²) in [6.07, 6.45) is 1.80. The minimum Gasteiger partial charge on any atom is -0.496 e. The summed E-state index contributed by atoms with van der Waals surface area (Å²) >= 11 is 6.08. The Labute approximate surface area is 185 Å². The Morgan fingerprint density at radius 3 is 2.71 bits per heavy atom. The number of aromatic nitrogens is 2. The number of benzene rings is 1. The van der Waals surface area contributed by atoms with Crippen molar-refractivity contribution in [2.75, 3.05) is 39.6 Å². The lowest BCUT2D eigenvalue weighted by atomic mass is 10.0. The number of halogens is 1. The number of amides is 1. The number of piperidine rings is 1. The van der Waals surface area contributed by atoms with Crippen molar-refractivity contribution >= 4 is 23.2 Å². The first-order valence-corrected chi connectivity index (χ1v) is 10.3. The molecule has 1 aliphatic heterocycles. The van der Waals surface area contributed by atoms with Crippen molar-refractivity contribution in [3.8, 4) is 11.6 Å². The number of imidazole rings is 1. The second-order valence-corrected chi connectivity index (χ2v) is 7.96. The van der Waals surface area contributed by atoms with Crippen LogP contribution in [0.15, 0.2) is 23.1 Å². The van der Waals surface area contributed by atoms with Gasteiger partial charge in [-0.05, 0) is 12.5 Å². The molecule has 3 rings (SSSR count). The summed E-state index contributed by atoms with van der Waals surface area (Å²) < 4.78 is 13.6. The molecule has 0 saturated carbocycles. The molecule has 2 aromatic rings. The first-order valence-electron chi connectivity index (χ1n) is 9.89. The molecule has 0 aliphatic carbocycles. The highest BCUT2D eigenvalue weighted by molar-refractivity contribution is 6.33. The molecule has 0 radical (unpaired) electrons. The van der Waals surface area contributed by atoms with Gasteiger partial charge in [0.15, 0.2) is 0 Å². The smallest absolute Gasteiger partial charge is 0.330 e. The number of hydrogen-bond acceptors (Lipinski definition) is 7. The van der Waals surface area contributed by atoms with Crippen molar-refractivity contribution in [3.63, 3.8) is 0 Å². The molecule has 0 spiro atoms. The van der Waals surface area contributed by atoms with E-state index < -0.39 is 0 Å². The van der Waals surface area contributed by atoms with Gasteiger partial charge in [-0.2, -0.15) is 0 Å². The van der Waals surface area contributed by atoms with Crippen molar-refractivity contribution in [1.82, 2.24) is 19.4 Å². The van der Waals surface area contributed by atoms with Gasteiger partial charge in [-0.3, -0.25) is 18.8 Å². The van der Waals surface area contributed by atoms with Gasteiger partial charge in [0.05, 0.1) is 41.7 Å². The topological polar surface area (TPSA) is 124 Å². The standard InChI is InChI=1S/C20H28ClN5O5/c1-24-11-18(27)26(20(24)29)7-6-25-5-4-15(17(10-25)31-3)23-19(28)12-8-13(21)14(22)9-16(12)30-2/h8-9,11,15,17,27H,4-7,10,22H2,1-3H3,(H,23,28). The van der Waals surface area contributed by atoms with Crippen LogP contribution >= 0.6 is 11.6 Å². The number of rotatable bonds is 7. The van der Waals surface area contributed by atoms with Crippen LogP contribution in [0.5, 0.6) is 11.6 Å². The number of aryl methyl sites for hydroxylation is 1.